The van der Waals surface area contributed by atoms with E-state index in [9.17, 15) is 9.59 Å². The molecule has 0 aromatic carbocycles. The van der Waals surface area contributed by atoms with E-state index in [1.165, 1.54) is 6.08 Å². The van der Waals surface area contributed by atoms with Crippen molar-refractivity contribution in [1.29, 1.82) is 0 Å². The van der Waals surface area contributed by atoms with E-state index in [1.807, 2.05) is 13.8 Å². The number of carboxylic acids is 1. The number of carbonyl (C=O) groups is 2. The van der Waals surface area contributed by atoms with Gasteiger partial charge in [0.25, 0.3) is 5.91 Å². The number of hydrogen-bond acceptors (Lipinski definition) is 4. The third-order valence-electron chi connectivity index (χ3n) is 2.86. The molecule has 0 aliphatic carbocycles. The Morgan fingerprint density at radius 2 is 2.24 bits per heavy atom. The van der Waals surface area contributed by atoms with Crippen molar-refractivity contribution < 1.29 is 19.4 Å². The molecule has 0 bridgehead atoms. The molecule has 1 atom stereocenters. The minimum absolute atomic E-state index is 0.128. The lowest BCUT2D eigenvalue weighted by molar-refractivity contribution is -0.140. The topological polar surface area (TPSA) is 93.5 Å². The molecule has 1 heterocycles. The first-order valence-corrected chi connectivity index (χ1v) is 6.63. The first-order valence-electron chi connectivity index (χ1n) is 6.63. The second-order valence-electron chi connectivity index (χ2n) is 4.92. The van der Waals surface area contributed by atoms with Crippen molar-refractivity contribution in [2.75, 3.05) is 13.2 Å². The summed E-state index contributed by atoms with van der Waals surface area (Å²) in [5.74, 6) is -1.48. The third kappa shape index (κ3) is 4.71. The summed E-state index contributed by atoms with van der Waals surface area (Å²) in [6, 6.07) is 0.533. The molecule has 2 N–H and O–H groups in total. The van der Waals surface area contributed by atoms with E-state index < -0.39 is 17.9 Å². The van der Waals surface area contributed by atoms with Crippen LogP contribution in [0.5, 0.6) is 0 Å². The molecule has 0 saturated heterocycles. The van der Waals surface area contributed by atoms with Crippen molar-refractivity contribution >= 4 is 11.9 Å². The Balaban J connectivity index is 2.75. The van der Waals surface area contributed by atoms with Crippen LogP contribution < -0.4 is 5.32 Å². The Hall–Kier alpha value is -2.15. The van der Waals surface area contributed by atoms with Crippen LogP contribution in [0.15, 0.2) is 18.7 Å². The SMILES string of the molecule is C=CCOCC(NC(=O)c1cc(C(C)C)n(C)n1)C(=O)O. The first kappa shape index (κ1) is 16.9. The minimum atomic E-state index is -1.16. The molecule has 0 spiro atoms. The largest absolute Gasteiger partial charge is 0.480 e. The van der Waals surface area contributed by atoms with Gasteiger partial charge in [-0.05, 0) is 12.0 Å². The van der Waals surface area contributed by atoms with Gasteiger partial charge in [0, 0.05) is 12.7 Å². The molecule has 1 amide bonds. The molecule has 0 aliphatic rings. The van der Waals surface area contributed by atoms with Gasteiger partial charge in [-0.3, -0.25) is 9.48 Å². The lowest BCUT2D eigenvalue weighted by Gasteiger charge is -2.13. The van der Waals surface area contributed by atoms with Crippen LogP contribution in [0.1, 0.15) is 35.9 Å². The smallest absolute Gasteiger partial charge is 0.328 e. The van der Waals surface area contributed by atoms with Crippen LogP contribution in [0, 0.1) is 0 Å². The van der Waals surface area contributed by atoms with Crippen molar-refractivity contribution in [3.8, 4) is 0 Å². The van der Waals surface area contributed by atoms with Crippen LogP contribution >= 0.6 is 0 Å². The number of hydrogen-bond donors (Lipinski definition) is 2. The standard InChI is InChI=1S/C14H21N3O4/c1-5-6-21-8-11(14(19)20)15-13(18)10-7-12(9(2)3)17(4)16-10/h5,7,9,11H,1,6,8H2,2-4H3,(H,15,18)(H,19,20). The normalized spacial score (nSPS) is 12.2. The quantitative estimate of drug-likeness (QED) is 0.549. The van der Waals surface area contributed by atoms with Gasteiger partial charge in [-0.2, -0.15) is 5.10 Å². The zero-order valence-corrected chi connectivity index (χ0v) is 12.5. The maximum Gasteiger partial charge on any atom is 0.328 e. The highest BCUT2D eigenvalue weighted by atomic mass is 16.5. The predicted molar refractivity (Wildman–Crippen MR) is 77.2 cm³/mol. The van der Waals surface area contributed by atoms with Gasteiger partial charge in [-0.1, -0.05) is 19.9 Å². The average Bonchev–Trinajstić information content (AvgIpc) is 2.79. The summed E-state index contributed by atoms with van der Waals surface area (Å²) < 4.78 is 6.69. The zero-order valence-electron chi connectivity index (χ0n) is 12.5. The summed E-state index contributed by atoms with van der Waals surface area (Å²) in [7, 11) is 1.74. The first-order chi connectivity index (χ1) is 9.86. The van der Waals surface area contributed by atoms with Crippen LogP contribution in [0.25, 0.3) is 0 Å². The number of rotatable bonds is 8. The summed E-state index contributed by atoms with van der Waals surface area (Å²) in [4.78, 5) is 23.1. The van der Waals surface area contributed by atoms with Gasteiger partial charge >= 0.3 is 5.97 Å². The number of carboxylic acid groups (broad SMARTS) is 1. The van der Waals surface area contributed by atoms with E-state index in [2.05, 4.69) is 17.0 Å². The van der Waals surface area contributed by atoms with Gasteiger partial charge in [0.1, 0.15) is 5.69 Å². The molecule has 0 aliphatic heterocycles. The van der Waals surface area contributed by atoms with Crippen LogP contribution in [0.2, 0.25) is 0 Å². The van der Waals surface area contributed by atoms with Crippen LogP contribution in [-0.4, -0.2) is 46.0 Å². The second kappa shape index (κ2) is 7.58. The summed E-state index contributed by atoms with van der Waals surface area (Å²) in [5, 5.41) is 15.6. The number of aromatic nitrogens is 2. The fraction of sp³-hybridized carbons (Fsp3) is 0.500. The van der Waals surface area contributed by atoms with Crippen molar-refractivity contribution in [2.24, 2.45) is 7.05 Å². The second-order valence-corrected chi connectivity index (χ2v) is 4.92. The Labute approximate surface area is 123 Å². The monoisotopic (exact) mass is 295 g/mol. The number of aryl methyl sites for hydroxylation is 1. The van der Waals surface area contributed by atoms with E-state index in [1.54, 1.807) is 17.8 Å². The van der Waals surface area contributed by atoms with Crippen LogP contribution in [-0.2, 0) is 16.6 Å². The van der Waals surface area contributed by atoms with Gasteiger partial charge in [0.05, 0.1) is 13.2 Å². The summed E-state index contributed by atoms with van der Waals surface area (Å²) in [6.07, 6.45) is 1.51. The minimum Gasteiger partial charge on any atom is -0.480 e. The molecular weight excluding hydrogens is 274 g/mol. The van der Waals surface area contributed by atoms with Gasteiger partial charge in [-0.15, -0.1) is 6.58 Å². The van der Waals surface area contributed by atoms with Crippen molar-refractivity contribution in [3.63, 3.8) is 0 Å². The van der Waals surface area contributed by atoms with E-state index in [0.717, 1.165) is 5.69 Å². The molecule has 1 aromatic rings. The summed E-state index contributed by atoms with van der Waals surface area (Å²) >= 11 is 0. The van der Waals surface area contributed by atoms with E-state index in [-0.39, 0.29) is 24.8 Å². The molecule has 7 heteroatoms. The maximum atomic E-state index is 12.1. The molecule has 116 valence electrons. The fourth-order valence-electron chi connectivity index (χ4n) is 1.81. The lowest BCUT2D eigenvalue weighted by Crippen LogP contribution is -2.44. The Morgan fingerprint density at radius 1 is 1.57 bits per heavy atom. The molecule has 21 heavy (non-hydrogen) atoms. The molecule has 0 fully saturated rings. The van der Waals surface area contributed by atoms with Gasteiger partial charge in [0.15, 0.2) is 6.04 Å². The number of nitrogens with zero attached hydrogens (tertiary/aromatic N) is 2. The molecule has 1 aromatic heterocycles. The Bertz CT molecular complexity index is 522. The zero-order chi connectivity index (χ0) is 16.0. The molecule has 1 rings (SSSR count). The lowest BCUT2D eigenvalue weighted by atomic mass is 10.1. The molecule has 0 saturated carbocycles. The number of aliphatic carboxylic acids is 1. The van der Waals surface area contributed by atoms with Gasteiger partial charge in [-0.25, -0.2) is 4.79 Å². The maximum absolute atomic E-state index is 12.1. The average molecular weight is 295 g/mol. The summed E-state index contributed by atoms with van der Waals surface area (Å²) in [5.41, 5.74) is 1.09. The molecule has 1 unspecified atom stereocenters. The van der Waals surface area contributed by atoms with Crippen LogP contribution in [0.4, 0.5) is 0 Å². The van der Waals surface area contributed by atoms with Gasteiger partial charge < -0.3 is 15.2 Å². The highest BCUT2D eigenvalue weighted by Gasteiger charge is 2.23. The predicted octanol–water partition coefficient (Wildman–Crippen LogP) is 0.929. The Kier molecular flexibility index (Phi) is 6.10. The number of nitrogens with one attached hydrogen (secondary N) is 1. The van der Waals surface area contributed by atoms with Crippen molar-refractivity contribution in [2.45, 2.75) is 25.8 Å². The van der Waals surface area contributed by atoms with E-state index in [4.69, 9.17) is 9.84 Å². The molecule has 0 radical (unpaired) electrons. The molecule has 7 nitrogen and oxygen atoms in total. The molecular formula is C14H21N3O4. The van der Waals surface area contributed by atoms with E-state index >= 15 is 0 Å². The number of amides is 1. The van der Waals surface area contributed by atoms with E-state index in [0.29, 0.717) is 0 Å². The highest BCUT2D eigenvalue weighted by Crippen LogP contribution is 2.14. The fourth-order valence-corrected chi connectivity index (χ4v) is 1.81. The summed E-state index contributed by atoms with van der Waals surface area (Å²) in [6.45, 7) is 7.54. The number of carbonyl (C=O) groups excluding carboxylic acids is 1. The van der Waals surface area contributed by atoms with Crippen molar-refractivity contribution in [3.05, 3.63) is 30.1 Å². The third-order valence-corrected chi connectivity index (χ3v) is 2.86. The van der Waals surface area contributed by atoms with Crippen molar-refractivity contribution in [1.82, 2.24) is 15.1 Å². The Morgan fingerprint density at radius 3 is 2.71 bits per heavy atom. The van der Waals surface area contributed by atoms with Gasteiger partial charge in [0.2, 0.25) is 0 Å². The highest BCUT2D eigenvalue weighted by molar-refractivity contribution is 5.95. The van der Waals surface area contributed by atoms with Crippen LogP contribution in [0.3, 0.4) is 0 Å². The number of ether oxygens (including phenoxy) is 1.